The first kappa shape index (κ1) is 12.9. The van der Waals surface area contributed by atoms with Crippen molar-refractivity contribution in [1.29, 1.82) is 0 Å². The van der Waals surface area contributed by atoms with Crippen LogP contribution in [-0.4, -0.2) is 22.6 Å². The molecule has 1 rings (SSSR count). The van der Waals surface area contributed by atoms with E-state index in [0.29, 0.717) is 22.7 Å². The molecule has 0 spiro atoms. The van der Waals surface area contributed by atoms with Gasteiger partial charge in [0.15, 0.2) is 0 Å². The maximum absolute atomic E-state index is 10.9. The lowest BCUT2D eigenvalue weighted by Crippen LogP contribution is -2.01. The highest BCUT2D eigenvalue weighted by molar-refractivity contribution is 8.13. The van der Waals surface area contributed by atoms with Gasteiger partial charge in [-0.2, -0.15) is 0 Å². The molecule has 0 aliphatic heterocycles. The Hall–Kier alpha value is -1.14. The summed E-state index contributed by atoms with van der Waals surface area (Å²) in [4.78, 5) is 0. The van der Waals surface area contributed by atoms with Crippen LogP contribution in [0.5, 0.6) is 11.5 Å². The highest BCUT2D eigenvalue weighted by atomic mass is 35.7. The fourth-order valence-electron chi connectivity index (χ4n) is 1.28. The van der Waals surface area contributed by atoms with Gasteiger partial charge in [-0.1, -0.05) is 0 Å². The number of benzene rings is 1. The Morgan fingerprint density at radius 2 is 1.69 bits per heavy atom. The van der Waals surface area contributed by atoms with E-state index in [2.05, 4.69) is 0 Å². The standard InChI is InChI=1S/C9H12ClNO4S/c1-14-7-3-6(5-16(10,12)13)4-8(15-2)9(7)11/h3-4H,5,11H2,1-2H3. The molecule has 1 aromatic rings. The van der Waals surface area contributed by atoms with E-state index in [1.54, 1.807) is 0 Å². The summed E-state index contributed by atoms with van der Waals surface area (Å²) in [5.41, 5.74) is 6.48. The number of nitrogen functional groups attached to an aromatic ring is 1. The van der Waals surface area contributed by atoms with Gasteiger partial charge in [-0.25, -0.2) is 8.42 Å². The van der Waals surface area contributed by atoms with Crippen molar-refractivity contribution in [2.45, 2.75) is 5.75 Å². The van der Waals surface area contributed by atoms with Crippen LogP contribution in [0.3, 0.4) is 0 Å². The minimum Gasteiger partial charge on any atom is -0.494 e. The molecule has 0 heterocycles. The fraction of sp³-hybridized carbons (Fsp3) is 0.333. The summed E-state index contributed by atoms with van der Waals surface area (Å²) in [5, 5.41) is 0. The SMILES string of the molecule is COc1cc(CS(=O)(=O)Cl)cc(OC)c1N. The first-order chi connectivity index (χ1) is 7.37. The number of nitrogens with two attached hydrogens (primary N) is 1. The van der Waals surface area contributed by atoms with Gasteiger partial charge in [-0.15, -0.1) is 0 Å². The zero-order valence-corrected chi connectivity index (χ0v) is 10.4. The number of rotatable bonds is 4. The average Bonchev–Trinajstić information content (AvgIpc) is 2.18. The Balaban J connectivity index is 3.22. The zero-order chi connectivity index (χ0) is 12.3. The summed E-state index contributed by atoms with van der Waals surface area (Å²) in [6.07, 6.45) is 0. The molecular weight excluding hydrogens is 254 g/mol. The number of hydrogen-bond donors (Lipinski definition) is 1. The number of anilines is 1. The van der Waals surface area contributed by atoms with Crippen LogP contribution in [0.4, 0.5) is 5.69 Å². The van der Waals surface area contributed by atoms with Gasteiger partial charge >= 0.3 is 0 Å². The lowest BCUT2D eigenvalue weighted by molar-refractivity contribution is 0.398. The average molecular weight is 266 g/mol. The van der Waals surface area contributed by atoms with E-state index in [0.717, 1.165) is 0 Å². The largest absolute Gasteiger partial charge is 0.494 e. The summed E-state index contributed by atoms with van der Waals surface area (Å²) < 4.78 is 31.9. The second kappa shape index (κ2) is 4.80. The molecule has 90 valence electrons. The van der Waals surface area contributed by atoms with Crippen LogP contribution >= 0.6 is 10.7 Å². The molecule has 0 aromatic heterocycles. The molecule has 0 saturated heterocycles. The van der Waals surface area contributed by atoms with Gasteiger partial charge < -0.3 is 15.2 Å². The Kier molecular flexibility index (Phi) is 3.88. The molecule has 0 amide bonds. The number of ether oxygens (including phenoxy) is 2. The van der Waals surface area contributed by atoms with Gasteiger partial charge in [0.05, 0.1) is 20.0 Å². The highest BCUT2D eigenvalue weighted by Gasteiger charge is 2.13. The predicted molar refractivity (Wildman–Crippen MR) is 62.4 cm³/mol. The zero-order valence-electron chi connectivity index (χ0n) is 8.86. The van der Waals surface area contributed by atoms with E-state index in [1.807, 2.05) is 0 Å². The first-order valence-electron chi connectivity index (χ1n) is 4.30. The minimum absolute atomic E-state index is 0.304. The van der Waals surface area contributed by atoms with Crippen LogP contribution in [0.25, 0.3) is 0 Å². The van der Waals surface area contributed by atoms with Gasteiger partial charge in [0, 0.05) is 10.7 Å². The van der Waals surface area contributed by atoms with Crippen molar-refractivity contribution in [3.05, 3.63) is 17.7 Å². The molecule has 0 saturated carbocycles. The fourth-order valence-corrected chi connectivity index (χ4v) is 2.22. The van der Waals surface area contributed by atoms with Crippen LogP contribution in [0.15, 0.2) is 12.1 Å². The molecule has 0 bridgehead atoms. The third-order valence-corrected chi connectivity index (χ3v) is 2.95. The molecule has 2 N–H and O–H groups in total. The van der Waals surface area contributed by atoms with Gasteiger partial charge in [-0.05, 0) is 17.7 Å². The van der Waals surface area contributed by atoms with E-state index in [4.69, 9.17) is 25.9 Å². The molecule has 5 nitrogen and oxygen atoms in total. The van der Waals surface area contributed by atoms with Crippen LogP contribution in [-0.2, 0) is 14.8 Å². The minimum atomic E-state index is -3.62. The molecule has 0 aliphatic rings. The smallest absolute Gasteiger partial charge is 0.236 e. The molecule has 0 atom stereocenters. The van der Waals surface area contributed by atoms with Gasteiger partial charge in [0.2, 0.25) is 9.05 Å². The Labute approximate surface area is 98.5 Å². The molecule has 16 heavy (non-hydrogen) atoms. The van der Waals surface area contributed by atoms with Crippen molar-refractivity contribution in [3.63, 3.8) is 0 Å². The van der Waals surface area contributed by atoms with E-state index < -0.39 is 9.05 Å². The maximum atomic E-state index is 10.9. The van der Waals surface area contributed by atoms with Gasteiger partial charge in [-0.3, -0.25) is 0 Å². The topological polar surface area (TPSA) is 78.6 Å². The van der Waals surface area contributed by atoms with Gasteiger partial charge in [0.1, 0.15) is 17.2 Å². The number of halogens is 1. The lowest BCUT2D eigenvalue weighted by atomic mass is 10.2. The molecule has 0 unspecified atom stereocenters. The molecular formula is C9H12ClNO4S. The maximum Gasteiger partial charge on any atom is 0.236 e. The van der Waals surface area contributed by atoms with Crippen LogP contribution in [0.2, 0.25) is 0 Å². The molecule has 0 aliphatic carbocycles. The third kappa shape index (κ3) is 3.18. The van der Waals surface area contributed by atoms with E-state index in [9.17, 15) is 8.42 Å². The Morgan fingerprint density at radius 3 is 2.00 bits per heavy atom. The summed E-state index contributed by atoms with van der Waals surface area (Å²) in [6.45, 7) is 0. The Bertz CT molecular complexity index is 461. The quantitative estimate of drug-likeness (QED) is 0.657. The summed E-state index contributed by atoms with van der Waals surface area (Å²) in [5.74, 6) is 0.408. The second-order valence-electron chi connectivity index (χ2n) is 3.10. The van der Waals surface area contributed by atoms with Crippen LogP contribution in [0.1, 0.15) is 5.56 Å². The Morgan fingerprint density at radius 1 is 1.25 bits per heavy atom. The van der Waals surface area contributed by atoms with Crippen molar-refractivity contribution in [2.75, 3.05) is 20.0 Å². The van der Waals surface area contributed by atoms with Crippen molar-refractivity contribution in [3.8, 4) is 11.5 Å². The van der Waals surface area contributed by atoms with E-state index >= 15 is 0 Å². The molecule has 1 aromatic carbocycles. The van der Waals surface area contributed by atoms with Crippen LogP contribution < -0.4 is 15.2 Å². The van der Waals surface area contributed by atoms with Gasteiger partial charge in [0.25, 0.3) is 0 Å². The summed E-state index contributed by atoms with van der Waals surface area (Å²) in [6, 6.07) is 3.02. The number of methoxy groups -OCH3 is 2. The molecule has 0 fully saturated rings. The first-order valence-corrected chi connectivity index (χ1v) is 6.78. The van der Waals surface area contributed by atoms with Crippen molar-refractivity contribution in [2.24, 2.45) is 0 Å². The lowest BCUT2D eigenvalue weighted by Gasteiger charge is -2.11. The predicted octanol–water partition coefficient (Wildman–Crippen LogP) is 1.35. The highest BCUT2D eigenvalue weighted by Crippen LogP contribution is 2.33. The number of hydrogen-bond acceptors (Lipinski definition) is 5. The van der Waals surface area contributed by atoms with E-state index in [-0.39, 0.29) is 5.75 Å². The van der Waals surface area contributed by atoms with Crippen molar-refractivity contribution >= 4 is 25.4 Å². The van der Waals surface area contributed by atoms with Crippen molar-refractivity contribution in [1.82, 2.24) is 0 Å². The summed E-state index contributed by atoms with van der Waals surface area (Å²) >= 11 is 0. The third-order valence-electron chi connectivity index (χ3n) is 1.94. The summed E-state index contributed by atoms with van der Waals surface area (Å²) in [7, 11) is 4.41. The molecule has 7 heteroatoms. The second-order valence-corrected chi connectivity index (χ2v) is 5.87. The van der Waals surface area contributed by atoms with Crippen molar-refractivity contribution < 1.29 is 17.9 Å². The molecule has 0 radical (unpaired) electrons. The van der Waals surface area contributed by atoms with Crippen LogP contribution in [0, 0.1) is 0 Å². The normalized spacial score (nSPS) is 11.2. The monoisotopic (exact) mass is 265 g/mol. The van der Waals surface area contributed by atoms with E-state index in [1.165, 1.54) is 26.4 Å².